The van der Waals surface area contributed by atoms with E-state index in [-0.39, 0.29) is 0 Å². The van der Waals surface area contributed by atoms with Gasteiger partial charge in [0.25, 0.3) is 0 Å². The molecule has 0 aliphatic carbocycles. The van der Waals surface area contributed by atoms with Crippen LogP contribution in [0.5, 0.6) is 0 Å². The number of sulfone groups is 1. The standard InChI is InChI=1S/C14H19N3O3S/c1-20-8-7-15-10-14-16-9-13(17-14)11-3-5-12(6-4-11)21(2,18)19/h3-6,9,15H,7-8,10H2,1-2H3,(H,16,17). The smallest absolute Gasteiger partial charge is 0.175 e. The topological polar surface area (TPSA) is 84.1 Å². The number of aromatic nitrogens is 2. The lowest BCUT2D eigenvalue weighted by atomic mass is 10.2. The summed E-state index contributed by atoms with van der Waals surface area (Å²) in [7, 11) is -1.50. The Morgan fingerprint density at radius 2 is 2.00 bits per heavy atom. The molecule has 2 aromatic rings. The van der Waals surface area contributed by atoms with E-state index in [1.54, 1.807) is 37.6 Å². The molecule has 0 saturated carbocycles. The molecule has 0 bridgehead atoms. The largest absolute Gasteiger partial charge is 0.383 e. The van der Waals surface area contributed by atoms with Gasteiger partial charge in [0.15, 0.2) is 9.84 Å². The van der Waals surface area contributed by atoms with E-state index < -0.39 is 9.84 Å². The van der Waals surface area contributed by atoms with E-state index in [4.69, 9.17) is 4.74 Å². The Morgan fingerprint density at radius 3 is 2.62 bits per heavy atom. The number of ether oxygens (including phenoxy) is 1. The van der Waals surface area contributed by atoms with Crippen LogP contribution in [0.15, 0.2) is 35.4 Å². The Kier molecular flexibility index (Phi) is 5.11. The highest BCUT2D eigenvalue weighted by Crippen LogP contribution is 2.19. The maximum Gasteiger partial charge on any atom is 0.175 e. The lowest BCUT2D eigenvalue weighted by molar-refractivity contribution is 0.199. The molecule has 6 nitrogen and oxygen atoms in total. The number of benzene rings is 1. The summed E-state index contributed by atoms with van der Waals surface area (Å²) >= 11 is 0. The summed E-state index contributed by atoms with van der Waals surface area (Å²) in [5.74, 6) is 0.827. The molecule has 114 valence electrons. The van der Waals surface area contributed by atoms with Crippen molar-refractivity contribution in [2.45, 2.75) is 11.4 Å². The number of aromatic amines is 1. The van der Waals surface area contributed by atoms with Crippen LogP contribution in [0.3, 0.4) is 0 Å². The lowest BCUT2D eigenvalue weighted by Gasteiger charge is -2.02. The third-order valence-electron chi connectivity index (χ3n) is 3.00. The molecular formula is C14H19N3O3S. The van der Waals surface area contributed by atoms with E-state index >= 15 is 0 Å². The molecule has 0 aliphatic heterocycles. The third-order valence-corrected chi connectivity index (χ3v) is 4.13. The first kappa shape index (κ1) is 15.7. The second kappa shape index (κ2) is 6.84. The maximum absolute atomic E-state index is 11.4. The fourth-order valence-electron chi connectivity index (χ4n) is 1.86. The summed E-state index contributed by atoms with van der Waals surface area (Å²) in [6, 6.07) is 6.74. The number of imidazole rings is 1. The minimum absolute atomic E-state index is 0.312. The van der Waals surface area contributed by atoms with Crippen LogP contribution in [0.1, 0.15) is 5.82 Å². The van der Waals surface area contributed by atoms with Crippen LogP contribution in [0.4, 0.5) is 0 Å². The molecule has 7 heteroatoms. The van der Waals surface area contributed by atoms with Crippen molar-refractivity contribution in [3.8, 4) is 11.3 Å². The van der Waals surface area contributed by atoms with Crippen LogP contribution in [-0.2, 0) is 21.1 Å². The number of nitrogens with zero attached hydrogens (tertiary/aromatic N) is 1. The molecule has 0 spiro atoms. The Balaban J connectivity index is 2.04. The van der Waals surface area contributed by atoms with Crippen LogP contribution >= 0.6 is 0 Å². The molecule has 21 heavy (non-hydrogen) atoms. The van der Waals surface area contributed by atoms with Gasteiger partial charge in [0.1, 0.15) is 5.82 Å². The average molecular weight is 309 g/mol. The zero-order chi connectivity index (χ0) is 15.3. The van der Waals surface area contributed by atoms with E-state index in [1.165, 1.54) is 6.26 Å². The van der Waals surface area contributed by atoms with Crippen LogP contribution in [0.2, 0.25) is 0 Å². The highest BCUT2D eigenvalue weighted by Gasteiger charge is 2.08. The fraction of sp³-hybridized carbons (Fsp3) is 0.357. The Bertz CT molecular complexity index is 678. The summed E-state index contributed by atoms with van der Waals surface area (Å²) in [5, 5.41) is 3.20. The van der Waals surface area contributed by atoms with Gasteiger partial charge >= 0.3 is 0 Å². The normalized spacial score (nSPS) is 11.7. The first-order valence-electron chi connectivity index (χ1n) is 6.55. The molecule has 1 aromatic heterocycles. The van der Waals surface area contributed by atoms with Crippen molar-refractivity contribution < 1.29 is 13.2 Å². The van der Waals surface area contributed by atoms with E-state index in [0.717, 1.165) is 23.6 Å². The van der Waals surface area contributed by atoms with Crippen LogP contribution in [0, 0.1) is 0 Å². The summed E-state index contributed by atoms with van der Waals surface area (Å²) in [6.45, 7) is 2.04. The minimum atomic E-state index is -3.16. The van der Waals surface area contributed by atoms with Gasteiger partial charge in [0.05, 0.1) is 29.9 Å². The summed E-state index contributed by atoms with van der Waals surface area (Å²) < 4.78 is 27.8. The molecule has 0 saturated heterocycles. The highest BCUT2D eigenvalue weighted by molar-refractivity contribution is 7.90. The number of hydrogen-bond acceptors (Lipinski definition) is 5. The third kappa shape index (κ3) is 4.38. The van der Waals surface area contributed by atoms with E-state index in [9.17, 15) is 8.42 Å². The zero-order valence-corrected chi connectivity index (χ0v) is 12.9. The number of methoxy groups -OCH3 is 1. The minimum Gasteiger partial charge on any atom is -0.383 e. The first-order valence-corrected chi connectivity index (χ1v) is 8.44. The molecule has 2 N–H and O–H groups in total. The number of nitrogens with one attached hydrogen (secondary N) is 2. The molecule has 2 rings (SSSR count). The van der Waals surface area contributed by atoms with Crippen molar-refractivity contribution in [3.05, 3.63) is 36.3 Å². The van der Waals surface area contributed by atoms with Gasteiger partial charge in [-0.05, 0) is 17.7 Å². The lowest BCUT2D eigenvalue weighted by Crippen LogP contribution is -2.19. The second-order valence-electron chi connectivity index (χ2n) is 4.71. The van der Waals surface area contributed by atoms with Gasteiger partial charge < -0.3 is 15.0 Å². The maximum atomic E-state index is 11.4. The van der Waals surface area contributed by atoms with Gasteiger partial charge in [-0.3, -0.25) is 0 Å². The van der Waals surface area contributed by atoms with Crippen molar-refractivity contribution in [1.82, 2.24) is 15.3 Å². The molecule has 0 amide bonds. The predicted octanol–water partition coefficient (Wildman–Crippen LogP) is 1.22. The van der Waals surface area contributed by atoms with Crippen LogP contribution < -0.4 is 5.32 Å². The molecule has 0 radical (unpaired) electrons. The van der Waals surface area contributed by atoms with Gasteiger partial charge in [-0.25, -0.2) is 13.4 Å². The first-order chi connectivity index (χ1) is 10.0. The second-order valence-corrected chi connectivity index (χ2v) is 6.73. The van der Waals surface area contributed by atoms with E-state index in [1.807, 2.05) is 0 Å². The molecular weight excluding hydrogens is 290 g/mol. The molecule has 1 heterocycles. The van der Waals surface area contributed by atoms with Crippen molar-refractivity contribution in [2.24, 2.45) is 0 Å². The highest BCUT2D eigenvalue weighted by atomic mass is 32.2. The Labute approximate surface area is 124 Å². The summed E-state index contributed by atoms with van der Waals surface area (Å²) in [5.41, 5.74) is 1.76. The van der Waals surface area contributed by atoms with E-state index in [2.05, 4.69) is 15.3 Å². The summed E-state index contributed by atoms with van der Waals surface area (Å²) in [4.78, 5) is 7.80. The van der Waals surface area contributed by atoms with Gasteiger partial charge in [0.2, 0.25) is 0 Å². The van der Waals surface area contributed by atoms with Crippen molar-refractivity contribution in [1.29, 1.82) is 0 Å². The van der Waals surface area contributed by atoms with Crippen molar-refractivity contribution >= 4 is 9.84 Å². The predicted molar refractivity (Wildman–Crippen MR) is 80.7 cm³/mol. The van der Waals surface area contributed by atoms with Crippen molar-refractivity contribution in [3.63, 3.8) is 0 Å². The Morgan fingerprint density at radius 1 is 1.29 bits per heavy atom. The molecule has 0 fully saturated rings. The van der Waals surface area contributed by atoms with Crippen LogP contribution in [-0.4, -0.2) is 44.9 Å². The average Bonchev–Trinajstić information content (AvgIpc) is 2.92. The van der Waals surface area contributed by atoms with Gasteiger partial charge in [-0.1, -0.05) is 12.1 Å². The van der Waals surface area contributed by atoms with Gasteiger partial charge in [0, 0.05) is 19.9 Å². The molecule has 0 aliphatic rings. The number of H-pyrrole nitrogens is 1. The van der Waals surface area contributed by atoms with Gasteiger partial charge in [-0.15, -0.1) is 0 Å². The molecule has 0 atom stereocenters. The molecule has 0 unspecified atom stereocenters. The van der Waals surface area contributed by atoms with Crippen molar-refractivity contribution in [2.75, 3.05) is 26.5 Å². The molecule has 1 aromatic carbocycles. The monoisotopic (exact) mass is 309 g/mol. The number of hydrogen-bond donors (Lipinski definition) is 2. The zero-order valence-electron chi connectivity index (χ0n) is 12.1. The van der Waals surface area contributed by atoms with E-state index in [0.29, 0.717) is 18.0 Å². The SMILES string of the molecule is COCCNCc1ncc(-c2ccc(S(C)(=O)=O)cc2)[nH]1. The number of rotatable bonds is 7. The van der Waals surface area contributed by atoms with Gasteiger partial charge in [-0.2, -0.15) is 0 Å². The fourth-order valence-corrected chi connectivity index (χ4v) is 2.49. The quantitative estimate of drug-likeness (QED) is 0.751. The summed E-state index contributed by atoms with van der Waals surface area (Å²) in [6.07, 6.45) is 2.94. The van der Waals surface area contributed by atoms with Crippen LogP contribution in [0.25, 0.3) is 11.3 Å². The Hall–Kier alpha value is -1.70.